The number of aryl methyl sites for hydroxylation is 1. The second-order valence-electron chi connectivity index (χ2n) is 6.21. The van der Waals surface area contributed by atoms with Crippen LogP contribution in [-0.2, 0) is 0 Å². The molecule has 0 aliphatic carbocycles. The van der Waals surface area contributed by atoms with Gasteiger partial charge in [-0.3, -0.25) is 0 Å². The lowest BCUT2D eigenvalue weighted by molar-refractivity contribution is 0.692. The van der Waals surface area contributed by atoms with E-state index in [1.807, 2.05) is 36.4 Å². The first-order valence-electron chi connectivity index (χ1n) is 8.43. The Morgan fingerprint density at radius 1 is 0.840 bits per heavy atom. The molecule has 2 atom stereocenters. The van der Waals surface area contributed by atoms with Gasteiger partial charge in [-0.05, 0) is 42.3 Å². The maximum Gasteiger partial charge on any atom is 0.0616 e. The SMILES string of the molecule is C=CC(c1ccccc1)C(Nc1ccc(Cl)cc1)c1ccc(C)cc1. The van der Waals surface area contributed by atoms with Crippen molar-refractivity contribution in [2.45, 2.75) is 18.9 Å². The molecule has 3 aromatic rings. The van der Waals surface area contributed by atoms with Crippen molar-refractivity contribution in [3.05, 3.63) is 113 Å². The van der Waals surface area contributed by atoms with Crippen LogP contribution in [0.2, 0.25) is 5.02 Å². The number of nitrogens with one attached hydrogen (secondary N) is 1. The Labute approximate surface area is 155 Å². The monoisotopic (exact) mass is 347 g/mol. The number of anilines is 1. The average molecular weight is 348 g/mol. The predicted octanol–water partition coefficient (Wildman–Crippen LogP) is 6.77. The standard InChI is InChI=1S/C23H22ClN/c1-3-22(18-7-5-4-6-8-18)23(19-11-9-17(2)10-12-19)25-21-15-13-20(24)14-16-21/h3-16,22-23,25H,1H2,2H3. The van der Waals surface area contributed by atoms with Gasteiger partial charge in [-0.1, -0.05) is 77.8 Å². The summed E-state index contributed by atoms with van der Waals surface area (Å²) in [5.74, 6) is 0.152. The first-order valence-corrected chi connectivity index (χ1v) is 8.81. The van der Waals surface area contributed by atoms with Crippen molar-refractivity contribution in [2.24, 2.45) is 0 Å². The van der Waals surface area contributed by atoms with Crippen molar-refractivity contribution < 1.29 is 0 Å². The zero-order valence-corrected chi connectivity index (χ0v) is 15.1. The van der Waals surface area contributed by atoms with Crippen LogP contribution in [0, 0.1) is 6.92 Å². The van der Waals surface area contributed by atoms with Gasteiger partial charge in [-0.25, -0.2) is 0 Å². The molecule has 0 aromatic heterocycles. The molecule has 0 heterocycles. The van der Waals surface area contributed by atoms with Crippen LogP contribution in [0.1, 0.15) is 28.7 Å². The van der Waals surface area contributed by atoms with Crippen molar-refractivity contribution in [3.8, 4) is 0 Å². The molecule has 0 amide bonds. The molecule has 0 spiro atoms. The third kappa shape index (κ3) is 4.32. The predicted molar refractivity (Wildman–Crippen MR) is 108 cm³/mol. The van der Waals surface area contributed by atoms with Crippen LogP contribution >= 0.6 is 11.6 Å². The summed E-state index contributed by atoms with van der Waals surface area (Å²) in [6.07, 6.45) is 2.02. The highest BCUT2D eigenvalue weighted by molar-refractivity contribution is 6.30. The number of hydrogen-bond donors (Lipinski definition) is 1. The lowest BCUT2D eigenvalue weighted by Crippen LogP contribution is -2.18. The first kappa shape index (κ1) is 17.3. The molecule has 25 heavy (non-hydrogen) atoms. The summed E-state index contributed by atoms with van der Waals surface area (Å²) in [6, 6.07) is 27.1. The fourth-order valence-corrected chi connectivity index (χ4v) is 3.15. The van der Waals surface area contributed by atoms with Crippen molar-refractivity contribution in [1.29, 1.82) is 0 Å². The normalized spacial score (nSPS) is 13.0. The minimum Gasteiger partial charge on any atom is -0.377 e. The minimum absolute atomic E-state index is 0.0849. The molecule has 0 bridgehead atoms. The fraction of sp³-hybridized carbons (Fsp3) is 0.130. The number of benzene rings is 3. The van der Waals surface area contributed by atoms with Crippen LogP contribution in [0.15, 0.2) is 91.5 Å². The Balaban J connectivity index is 1.99. The molecule has 3 rings (SSSR count). The summed E-state index contributed by atoms with van der Waals surface area (Å²) in [4.78, 5) is 0. The summed E-state index contributed by atoms with van der Waals surface area (Å²) in [5.41, 5.74) is 4.76. The van der Waals surface area contributed by atoms with Crippen molar-refractivity contribution >= 4 is 17.3 Å². The summed E-state index contributed by atoms with van der Waals surface area (Å²) in [6.45, 7) is 6.20. The van der Waals surface area contributed by atoms with Crippen LogP contribution in [0.4, 0.5) is 5.69 Å². The van der Waals surface area contributed by atoms with Gasteiger partial charge >= 0.3 is 0 Å². The van der Waals surface area contributed by atoms with E-state index in [2.05, 4.69) is 67.4 Å². The molecule has 1 N–H and O–H groups in total. The summed E-state index contributed by atoms with van der Waals surface area (Å²) < 4.78 is 0. The van der Waals surface area contributed by atoms with Gasteiger partial charge in [-0.15, -0.1) is 6.58 Å². The second kappa shape index (κ2) is 8.04. The topological polar surface area (TPSA) is 12.0 Å². The van der Waals surface area contributed by atoms with Gasteiger partial charge in [0, 0.05) is 16.6 Å². The molecule has 1 nitrogen and oxygen atoms in total. The van der Waals surface area contributed by atoms with Crippen molar-refractivity contribution in [1.82, 2.24) is 0 Å². The molecule has 2 heteroatoms. The molecule has 0 saturated heterocycles. The maximum absolute atomic E-state index is 6.02. The van der Waals surface area contributed by atoms with Crippen LogP contribution in [-0.4, -0.2) is 0 Å². The van der Waals surface area contributed by atoms with Gasteiger partial charge in [0.25, 0.3) is 0 Å². The van der Waals surface area contributed by atoms with Gasteiger partial charge in [-0.2, -0.15) is 0 Å². The second-order valence-corrected chi connectivity index (χ2v) is 6.65. The van der Waals surface area contributed by atoms with E-state index >= 15 is 0 Å². The quantitative estimate of drug-likeness (QED) is 0.485. The Morgan fingerprint density at radius 3 is 2.08 bits per heavy atom. The number of rotatable bonds is 6. The summed E-state index contributed by atoms with van der Waals surface area (Å²) in [5, 5.41) is 4.40. The number of hydrogen-bond acceptors (Lipinski definition) is 1. The molecule has 0 radical (unpaired) electrons. The van der Waals surface area contributed by atoms with Gasteiger partial charge in [0.05, 0.1) is 6.04 Å². The first-order chi connectivity index (χ1) is 12.2. The fourth-order valence-electron chi connectivity index (χ4n) is 3.02. The third-order valence-electron chi connectivity index (χ3n) is 4.40. The van der Waals surface area contributed by atoms with Gasteiger partial charge in [0.15, 0.2) is 0 Å². The van der Waals surface area contributed by atoms with Crippen molar-refractivity contribution in [2.75, 3.05) is 5.32 Å². The lowest BCUT2D eigenvalue weighted by atomic mass is 9.86. The van der Waals surface area contributed by atoms with Gasteiger partial charge in [0.2, 0.25) is 0 Å². The van der Waals surface area contributed by atoms with E-state index in [1.54, 1.807) is 0 Å². The van der Waals surface area contributed by atoms with E-state index in [0.717, 1.165) is 10.7 Å². The van der Waals surface area contributed by atoms with E-state index < -0.39 is 0 Å². The molecule has 0 aliphatic heterocycles. The van der Waals surface area contributed by atoms with Crippen LogP contribution in [0.3, 0.4) is 0 Å². The highest BCUT2D eigenvalue weighted by Gasteiger charge is 2.22. The van der Waals surface area contributed by atoms with E-state index in [-0.39, 0.29) is 12.0 Å². The maximum atomic E-state index is 6.02. The summed E-state index contributed by atoms with van der Waals surface area (Å²) in [7, 11) is 0. The molecule has 0 fully saturated rings. The lowest BCUT2D eigenvalue weighted by Gasteiger charge is -2.28. The van der Waals surface area contributed by atoms with E-state index in [0.29, 0.717) is 0 Å². The molecule has 0 aliphatic rings. The minimum atomic E-state index is 0.0849. The van der Waals surface area contributed by atoms with Gasteiger partial charge in [0.1, 0.15) is 0 Å². The zero-order valence-electron chi connectivity index (χ0n) is 14.3. The Kier molecular flexibility index (Phi) is 5.57. The zero-order chi connectivity index (χ0) is 17.6. The third-order valence-corrected chi connectivity index (χ3v) is 4.65. The average Bonchev–Trinajstić information content (AvgIpc) is 2.65. The van der Waals surface area contributed by atoms with Crippen LogP contribution in [0.5, 0.6) is 0 Å². The highest BCUT2D eigenvalue weighted by atomic mass is 35.5. The molecular formula is C23H22ClN. The number of halogens is 1. The van der Waals surface area contributed by atoms with E-state index in [1.165, 1.54) is 16.7 Å². The van der Waals surface area contributed by atoms with Crippen LogP contribution in [0.25, 0.3) is 0 Å². The van der Waals surface area contributed by atoms with E-state index in [9.17, 15) is 0 Å². The van der Waals surface area contributed by atoms with Gasteiger partial charge < -0.3 is 5.32 Å². The van der Waals surface area contributed by atoms with Crippen LogP contribution < -0.4 is 5.32 Å². The van der Waals surface area contributed by atoms with Crippen molar-refractivity contribution in [3.63, 3.8) is 0 Å². The molecule has 0 saturated carbocycles. The molecule has 3 aromatic carbocycles. The Hall–Kier alpha value is -2.51. The Bertz CT molecular complexity index is 807. The highest BCUT2D eigenvalue weighted by Crippen LogP contribution is 2.35. The molecular weight excluding hydrogens is 326 g/mol. The largest absolute Gasteiger partial charge is 0.377 e. The molecule has 2 unspecified atom stereocenters. The Morgan fingerprint density at radius 2 is 1.48 bits per heavy atom. The molecule has 126 valence electrons. The smallest absolute Gasteiger partial charge is 0.0616 e. The summed E-state index contributed by atoms with van der Waals surface area (Å²) >= 11 is 6.02. The van der Waals surface area contributed by atoms with E-state index in [4.69, 9.17) is 11.6 Å².